The predicted octanol–water partition coefficient (Wildman–Crippen LogP) is 3.73. The minimum absolute atomic E-state index is 0.288. The number of aryl methyl sites for hydroxylation is 2. The van der Waals surface area contributed by atoms with E-state index in [1.54, 1.807) is 0 Å². The normalized spacial score (nSPS) is 12.7. The van der Waals surface area contributed by atoms with Crippen molar-refractivity contribution in [2.24, 2.45) is 7.05 Å². The average molecular weight is 279 g/mol. The molecule has 3 rings (SSSR count). The van der Waals surface area contributed by atoms with Gasteiger partial charge in [0.1, 0.15) is 0 Å². The molecule has 3 heteroatoms. The fraction of sp³-hybridized carbons (Fsp3) is 0.278. The number of benzene rings is 1. The van der Waals surface area contributed by atoms with Crippen molar-refractivity contribution >= 4 is 10.9 Å². The van der Waals surface area contributed by atoms with Crippen molar-refractivity contribution in [3.05, 3.63) is 65.6 Å². The van der Waals surface area contributed by atoms with Crippen molar-refractivity contribution in [1.82, 2.24) is 14.9 Å². The number of nitrogens with one attached hydrogen (secondary N) is 1. The molecular weight excluding hydrogens is 258 g/mol. The van der Waals surface area contributed by atoms with Crippen LogP contribution in [-0.4, -0.2) is 9.55 Å². The van der Waals surface area contributed by atoms with Gasteiger partial charge in [-0.2, -0.15) is 0 Å². The molecule has 0 bridgehead atoms. The van der Waals surface area contributed by atoms with E-state index in [1.807, 2.05) is 18.5 Å². The third-order valence-corrected chi connectivity index (χ3v) is 4.27. The van der Waals surface area contributed by atoms with E-state index in [9.17, 15) is 0 Å². The minimum Gasteiger partial charge on any atom is -0.346 e. The molecule has 0 radical (unpaired) electrons. The molecule has 0 aliphatic carbocycles. The van der Waals surface area contributed by atoms with Crippen LogP contribution in [0.3, 0.4) is 0 Å². The molecule has 0 saturated heterocycles. The third-order valence-electron chi connectivity index (χ3n) is 4.27. The Morgan fingerprint density at radius 3 is 2.71 bits per heavy atom. The first kappa shape index (κ1) is 13.8. The van der Waals surface area contributed by atoms with Gasteiger partial charge in [-0.25, -0.2) is 0 Å². The summed E-state index contributed by atoms with van der Waals surface area (Å²) < 4.78 is 2.29. The third kappa shape index (κ3) is 2.57. The minimum atomic E-state index is 0.288. The van der Waals surface area contributed by atoms with E-state index in [1.165, 1.54) is 27.7 Å². The van der Waals surface area contributed by atoms with Crippen LogP contribution in [0.25, 0.3) is 10.9 Å². The van der Waals surface area contributed by atoms with Crippen molar-refractivity contribution in [3.8, 4) is 0 Å². The smallest absolute Gasteiger partial charge is 0.0483 e. The molecule has 2 aromatic heterocycles. The van der Waals surface area contributed by atoms with Crippen molar-refractivity contribution in [2.75, 3.05) is 0 Å². The Morgan fingerprint density at radius 1 is 1.19 bits per heavy atom. The van der Waals surface area contributed by atoms with Crippen molar-refractivity contribution < 1.29 is 0 Å². The Hall–Kier alpha value is -2.13. The maximum atomic E-state index is 4.19. The van der Waals surface area contributed by atoms with Gasteiger partial charge >= 0.3 is 0 Å². The average Bonchev–Trinajstić information content (AvgIpc) is 2.78. The molecule has 3 nitrogen and oxygen atoms in total. The van der Waals surface area contributed by atoms with Crippen LogP contribution in [0.4, 0.5) is 0 Å². The summed E-state index contributed by atoms with van der Waals surface area (Å²) in [6.07, 6.45) is 3.73. The first-order chi connectivity index (χ1) is 10.2. The van der Waals surface area contributed by atoms with Crippen LogP contribution in [0.5, 0.6) is 0 Å². The first-order valence-electron chi connectivity index (χ1n) is 7.34. The highest BCUT2D eigenvalue weighted by Crippen LogP contribution is 2.24. The highest BCUT2D eigenvalue weighted by molar-refractivity contribution is 5.85. The fourth-order valence-corrected chi connectivity index (χ4v) is 2.89. The van der Waals surface area contributed by atoms with E-state index in [2.05, 4.69) is 66.1 Å². The summed E-state index contributed by atoms with van der Waals surface area (Å²) in [5, 5.41) is 4.94. The van der Waals surface area contributed by atoms with Crippen molar-refractivity contribution in [2.45, 2.75) is 26.4 Å². The zero-order valence-electron chi connectivity index (χ0n) is 12.8. The molecule has 0 aliphatic rings. The second kappa shape index (κ2) is 5.70. The molecular formula is C18H21N3. The Bertz CT molecular complexity index is 705. The second-order valence-corrected chi connectivity index (χ2v) is 5.54. The number of pyridine rings is 1. The van der Waals surface area contributed by atoms with Gasteiger partial charge < -0.3 is 9.88 Å². The summed E-state index contributed by atoms with van der Waals surface area (Å²) in [4.78, 5) is 4.19. The quantitative estimate of drug-likeness (QED) is 0.788. The fourth-order valence-electron chi connectivity index (χ4n) is 2.89. The number of para-hydroxylation sites is 1. The summed E-state index contributed by atoms with van der Waals surface area (Å²) in [5.41, 5.74) is 5.21. The van der Waals surface area contributed by atoms with Gasteiger partial charge in [0.05, 0.1) is 0 Å². The topological polar surface area (TPSA) is 29.9 Å². The molecule has 21 heavy (non-hydrogen) atoms. The van der Waals surface area contributed by atoms with Gasteiger partial charge in [0.15, 0.2) is 0 Å². The molecule has 3 aromatic rings. The molecule has 0 unspecified atom stereocenters. The maximum absolute atomic E-state index is 4.19. The van der Waals surface area contributed by atoms with Crippen LogP contribution in [0, 0.1) is 6.92 Å². The van der Waals surface area contributed by atoms with Gasteiger partial charge in [0, 0.05) is 48.6 Å². The summed E-state index contributed by atoms with van der Waals surface area (Å²) in [6.45, 7) is 5.23. The molecule has 1 atom stereocenters. The Kier molecular flexibility index (Phi) is 3.76. The summed E-state index contributed by atoms with van der Waals surface area (Å²) in [7, 11) is 2.14. The first-order valence-corrected chi connectivity index (χ1v) is 7.34. The predicted molar refractivity (Wildman–Crippen MR) is 87.1 cm³/mol. The molecule has 2 heterocycles. The highest BCUT2D eigenvalue weighted by atomic mass is 15.0. The maximum Gasteiger partial charge on any atom is 0.0483 e. The Balaban J connectivity index is 1.83. The van der Waals surface area contributed by atoms with E-state index >= 15 is 0 Å². The van der Waals surface area contributed by atoms with Gasteiger partial charge in [-0.05, 0) is 37.1 Å². The molecule has 1 N–H and O–H groups in total. The zero-order chi connectivity index (χ0) is 14.8. The SMILES string of the molecule is Cc1c(CN[C@H](C)c2cccnc2)n(C)c2ccccc12. The molecule has 0 amide bonds. The molecule has 1 aromatic carbocycles. The lowest BCUT2D eigenvalue weighted by atomic mass is 10.1. The van der Waals surface area contributed by atoms with E-state index in [0.29, 0.717) is 0 Å². The Morgan fingerprint density at radius 2 is 2.00 bits per heavy atom. The second-order valence-electron chi connectivity index (χ2n) is 5.54. The number of hydrogen-bond acceptors (Lipinski definition) is 2. The molecule has 0 saturated carbocycles. The van der Waals surface area contributed by atoms with E-state index in [4.69, 9.17) is 0 Å². The molecule has 0 aliphatic heterocycles. The van der Waals surface area contributed by atoms with Crippen LogP contribution in [0.2, 0.25) is 0 Å². The monoisotopic (exact) mass is 279 g/mol. The van der Waals surface area contributed by atoms with Crippen LogP contribution in [0.1, 0.15) is 29.8 Å². The number of aromatic nitrogens is 2. The lowest BCUT2D eigenvalue weighted by molar-refractivity contribution is 0.556. The van der Waals surface area contributed by atoms with Crippen LogP contribution < -0.4 is 5.32 Å². The molecule has 0 spiro atoms. The van der Waals surface area contributed by atoms with Gasteiger partial charge in [-0.3, -0.25) is 4.98 Å². The number of nitrogens with zero attached hydrogens (tertiary/aromatic N) is 2. The van der Waals surface area contributed by atoms with Gasteiger partial charge in [-0.1, -0.05) is 24.3 Å². The van der Waals surface area contributed by atoms with Crippen molar-refractivity contribution in [1.29, 1.82) is 0 Å². The molecule has 108 valence electrons. The van der Waals surface area contributed by atoms with E-state index in [0.717, 1.165) is 6.54 Å². The number of rotatable bonds is 4. The van der Waals surface area contributed by atoms with Gasteiger partial charge in [-0.15, -0.1) is 0 Å². The van der Waals surface area contributed by atoms with Gasteiger partial charge in [0.2, 0.25) is 0 Å². The van der Waals surface area contributed by atoms with Crippen molar-refractivity contribution in [3.63, 3.8) is 0 Å². The van der Waals surface area contributed by atoms with Crippen LogP contribution >= 0.6 is 0 Å². The van der Waals surface area contributed by atoms with Gasteiger partial charge in [0.25, 0.3) is 0 Å². The van der Waals surface area contributed by atoms with Crippen LogP contribution in [-0.2, 0) is 13.6 Å². The summed E-state index contributed by atoms with van der Waals surface area (Å²) in [6, 6.07) is 12.9. The Labute approximate surface area is 125 Å². The number of fused-ring (bicyclic) bond motifs is 1. The highest BCUT2D eigenvalue weighted by Gasteiger charge is 2.12. The summed E-state index contributed by atoms with van der Waals surface area (Å²) in [5.74, 6) is 0. The zero-order valence-corrected chi connectivity index (χ0v) is 12.8. The number of hydrogen-bond donors (Lipinski definition) is 1. The van der Waals surface area contributed by atoms with E-state index in [-0.39, 0.29) is 6.04 Å². The molecule has 0 fully saturated rings. The largest absolute Gasteiger partial charge is 0.346 e. The summed E-state index contributed by atoms with van der Waals surface area (Å²) >= 11 is 0. The van der Waals surface area contributed by atoms with Crippen LogP contribution in [0.15, 0.2) is 48.8 Å². The lowest BCUT2D eigenvalue weighted by Crippen LogP contribution is -2.20. The standard InChI is InChI=1S/C18H21N3/c1-13-16-8-4-5-9-17(16)21(3)18(13)12-20-14(2)15-7-6-10-19-11-15/h4-11,14,20H,12H2,1-3H3/t14-/m1/s1. The van der Waals surface area contributed by atoms with E-state index < -0.39 is 0 Å². The lowest BCUT2D eigenvalue weighted by Gasteiger charge is -2.15.